The standard InChI is InChI=1S/C20H21N3O3/c1-26-17-10-8-15(9-11-17)19-14-18(20(25)21-12-5-13-24)22-23(19)16-6-3-2-4-7-16/h2-4,6-11,14,24H,5,12-13H2,1H3,(H,21,25). The molecule has 0 saturated heterocycles. The molecule has 0 atom stereocenters. The molecule has 6 heteroatoms. The van der Waals surface area contributed by atoms with Gasteiger partial charge in [0, 0.05) is 18.7 Å². The third-order valence-electron chi connectivity index (χ3n) is 3.95. The second-order valence-electron chi connectivity index (χ2n) is 5.72. The van der Waals surface area contributed by atoms with Crippen LogP contribution < -0.4 is 10.1 Å². The van der Waals surface area contributed by atoms with Crippen molar-refractivity contribution in [2.24, 2.45) is 0 Å². The Kier molecular flexibility index (Phi) is 5.66. The van der Waals surface area contributed by atoms with Crippen molar-refractivity contribution in [1.29, 1.82) is 0 Å². The number of nitrogens with zero attached hydrogens (tertiary/aromatic N) is 2. The van der Waals surface area contributed by atoms with Crippen LogP contribution in [-0.4, -0.2) is 41.1 Å². The lowest BCUT2D eigenvalue weighted by molar-refractivity contribution is 0.0945. The van der Waals surface area contributed by atoms with Crippen LogP contribution in [0.4, 0.5) is 0 Å². The van der Waals surface area contributed by atoms with Crippen LogP contribution in [0.2, 0.25) is 0 Å². The minimum Gasteiger partial charge on any atom is -0.497 e. The first kappa shape index (κ1) is 17.7. The van der Waals surface area contributed by atoms with E-state index in [0.29, 0.717) is 18.7 Å². The van der Waals surface area contributed by atoms with Crippen LogP contribution in [0.3, 0.4) is 0 Å². The van der Waals surface area contributed by atoms with Gasteiger partial charge in [0.05, 0.1) is 18.5 Å². The first-order chi connectivity index (χ1) is 12.7. The molecule has 1 aromatic heterocycles. The molecule has 3 rings (SSSR count). The minimum atomic E-state index is -0.261. The molecule has 3 aromatic rings. The molecule has 134 valence electrons. The number of carbonyl (C=O) groups is 1. The fourth-order valence-corrected chi connectivity index (χ4v) is 2.60. The summed E-state index contributed by atoms with van der Waals surface area (Å²) in [5, 5.41) is 16.1. The van der Waals surface area contributed by atoms with E-state index in [1.54, 1.807) is 17.9 Å². The number of aliphatic hydroxyl groups is 1. The molecule has 0 saturated carbocycles. The largest absolute Gasteiger partial charge is 0.497 e. The van der Waals surface area contributed by atoms with Crippen LogP contribution in [0, 0.1) is 0 Å². The first-order valence-electron chi connectivity index (χ1n) is 8.42. The fourth-order valence-electron chi connectivity index (χ4n) is 2.60. The number of nitrogens with one attached hydrogen (secondary N) is 1. The zero-order chi connectivity index (χ0) is 18.4. The molecule has 0 bridgehead atoms. The van der Waals surface area contributed by atoms with Gasteiger partial charge >= 0.3 is 0 Å². The fraction of sp³-hybridized carbons (Fsp3) is 0.200. The molecular weight excluding hydrogens is 330 g/mol. The Balaban J connectivity index is 1.99. The Hall–Kier alpha value is -3.12. The van der Waals surface area contributed by atoms with E-state index in [1.807, 2.05) is 54.6 Å². The normalized spacial score (nSPS) is 10.5. The maximum atomic E-state index is 12.4. The molecule has 1 heterocycles. The van der Waals surface area contributed by atoms with Crippen LogP contribution in [-0.2, 0) is 0 Å². The summed E-state index contributed by atoms with van der Waals surface area (Å²) < 4.78 is 6.96. The minimum absolute atomic E-state index is 0.0375. The maximum Gasteiger partial charge on any atom is 0.271 e. The van der Waals surface area contributed by atoms with Crippen molar-refractivity contribution < 1.29 is 14.6 Å². The molecule has 0 fully saturated rings. The lowest BCUT2D eigenvalue weighted by Gasteiger charge is -2.08. The van der Waals surface area contributed by atoms with Gasteiger partial charge in [-0.25, -0.2) is 4.68 Å². The summed E-state index contributed by atoms with van der Waals surface area (Å²) in [6.45, 7) is 0.446. The maximum absolute atomic E-state index is 12.4. The average molecular weight is 351 g/mol. The first-order valence-corrected chi connectivity index (χ1v) is 8.42. The van der Waals surface area contributed by atoms with Crippen LogP contribution in [0.1, 0.15) is 16.9 Å². The number of hydrogen-bond acceptors (Lipinski definition) is 4. The molecule has 26 heavy (non-hydrogen) atoms. The predicted molar refractivity (Wildman–Crippen MR) is 99.6 cm³/mol. The highest BCUT2D eigenvalue weighted by Gasteiger charge is 2.16. The smallest absolute Gasteiger partial charge is 0.271 e. The van der Waals surface area contributed by atoms with E-state index in [4.69, 9.17) is 9.84 Å². The Labute approximate surface area is 152 Å². The van der Waals surface area contributed by atoms with Crippen LogP contribution in [0.5, 0.6) is 5.75 Å². The third kappa shape index (κ3) is 3.92. The summed E-state index contributed by atoms with van der Waals surface area (Å²) in [5.41, 5.74) is 2.94. The molecule has 0 unspecified atom stereocenters. The number of rotatable bonds is 7. The highest BCUT2D eigenvalue weighted by molar-refractivity contribution is 5.93. The number of aromatic nitrogens is 2. The van der Waals surface area contributed by atoms with Gasteiger partial charge in [0.25, 0.3) is 5.91 Å². The molecule has 0 radical (unpaired) electrons. The van der Waals surface area contributed by atoms with Gasteiger partial charge in [-0.05, 0) is 48.9 Å². The number of amides is 1. The van der Waals surface area contributed by atoms with Gasteiger partial charge in [0.15, 0.2) is 5.69 Å². The predicted octanol–water partition coefficient (Wildman–Crippen LogP) is 2.66. The monoisotopic (exact) mass is 351 g/mol. The van der Waals surface area contributed by atoms with Gasteiger partial charge in [0.2, 0.25) is 0 Å². The van der Waals surface area contributed by atoms with Gasteiger partial charge < -0.3 is 15.2 Å². The van der Waals surface area contributed by atoms with Gasteiger partial charge in [-0.3, -0.25) is 4.79 Å². The van der Waals surface area contributed by atoms with Crippen molar-refractivity contribution in [3.05, 3.63) is 66.4 Å². The second kappa shape index (κ2) is 8.31. The van der Waals surface area contributed by atoms with Gasteiger partial charge in [-0.1, -0.05) is 18.2 Å². The van der Waals surface area contributed by atoms with Gasteiger partial charge in [0.1, 0.15) is 5.75 Å². The topological polar surface area (TPSA) is 76.4 Å². The molecule has 2 N–H and O–H groups in total. The summed E-state index contributed by atoms with van der Waals surface area (Å²) in [5.74, 6) is 0.504. The van der Waals surface area contributed by atoms with Crippen LogP contribution in [0.15, 0.2) is 60.7 Å². The van der Waals surface area contributed by atoms with E-state index in [2.05, 4.69) is 10.4 Å². The van der Waals surface area contributed by atoms with E-state index in [-0.39, 0.29) is 12.5 Å². The number of methoxy groups -OCH3 is 1. The Morgan fingerprint density at radius 3 is 2.54 bits per heavy atom. The van der Waals surface area contributed by atoms with Crippen LogP contribution in [0.25, 0.3) is 16.9 Å². The molecule has 1 amide bonds. The third-order valence-corrected chi connectivity index (χ3v) is 3.95. The number of para-hydroxylation sites is 1. The van der Waals surface area contributed by atoms with Crippen molar-refractivity contribution in [1.82, 2.24) is 15.1 Å². The zero-order valence-electron chi connectivity index (χ0n) is 14.6. The quantitative estimate of drug-likeness (QED) is 0.642. The average Bonchev–Trinajstić information content (AvgIpc) is 3.14. The van der Waals surface area contributed by atoms with E-state index in [9.17, 15) is 4.79 Å². The van der Waals surface area contributed by atoms with E-state index in [0.717, 1.165) is 22.7 Å². The lowest BCUT2D eigenvalue weighted by Crippen LogP contribution is -2.25. The van der Waals surface area contributed by atoms with Gasteiger partial charge in [-0.15, -0.1) is 0 Å². The molecular formula is C20H21N3O3. The highest BCUT2D eigenvalue weighted by atomic mass is 16.5. The Morgan fingerprint density at radius 2 is 1.88 bits per heavy atom. The van der Waals surface area contributed by atoms with E-state index >= 15 is 0 Å². The second-order valence-corrected chi connectivity index (χ2v) is 5.72. The molecule has 0 spiro atoms. The van der Waals surface area contributed by atoms with Crippen molar-refractivity contribution >= 4 is 5.91 Å². The molecule has 2 aromatic carbocycles. The van der Waals surface area contributed by atoms with E-state index < -0.39 is 0 Å². The van der Waals surface area contributed by atoms with Crippen molar-refractivity contribution in [3.63, 3.8) is 0 Å². The number of benzene rings is 2. The number of carbonyl (C=O) groups excluding carboxylic acids is 1. The van der Waals surface area contributed by atoms with Crippen molar-refractivity contribution in [3.8, 4) is 22.7 Å². The van der Waals surface area contributed by atoms with Gasteiger partial charge in [-0.2, -0.15) is 5.10 Å². The Bertz CT molecular complexity index is 858. The zero-order valence-corrected chi connectivity index (χ0v) is 14.6. The summed E-state index contributed by atoms with van der Waals surface area (Å²) >= 11 is 0. The number of aliphatic hydroxyl groups excluding tert-OH is 1. The molecule has 0 aliphatic rings. The number of hydrogen-bond donors (Lipinski definition) is 2. The molecule has 6 nitrogen and oxygen atoms in total. The lowest BCUT2D eigenvalue weighted by atomic mass is 10.1. The Morgan fingerprint density at radius 1 is 1.15 bits per heavy atom. The van der Waals surface area contributed by atoms with Crippen molar-refractivity contribution in [2.75, 3.05) is 20.3 Å². The molecule has 0 aliphatic heterocycles. The van der Waals surface area contributed by atoms with E-state index in [1.165, 1.54) is 0 Å². The SMILES string of the molecule is COc1ccc(-c2cc(C(=O)NCCCO)nn2-c2ccccc2)cc1. The summed E-state index contributed by atoms with van der Waals surface area (Å²) in [6.07, 6.45) is 0.510. The molecule has 0 aliphatic carbocycles. The summed E-state index contributed by atoms with van der Waals surface area (Å²) in [6, 6.07) is 19.0. The summed E-state index contributed by atoms with van der Waals surface area (Å²) in [4.78, 5) is 12.4. The summed E-state index contributed by atoms with van der Waals surface area (Å²) in [7, 11) is 1.62. The highest BCUT2D eigenvalue weighted by Crippen LogP contribution is 2.26. The van der Waals surface area contributed by atoms with Crippen LogP contribution >= 0.6 is 0 Å². The van der Waals surface area contributed by atoms with Crippen molar-refractivity contribution in [2.45, 2.75) is 6.42 Å². The number of ether oxygens (including phenoxy) is 1.